The van der Waals surface area contributed by atoms with Crippen molar-refractivity contribution in [2.75, 3.05) is 6.54 Å². The molecule has 1 atom stereocenters. The van der Waals surface area contributed by atoms with Crippen molar-refractivity contribution in [3.63, 3.8) is 0 Å². The van der Waals surface area contributed by atoms with Crippen molar-refractivity contribution in [3.05, 3.63) is 77.8 Å². The highest BCUT2D eigenvalue weighted by Gasteiger charge is 2.35. The van der Waals surface area contributed by atoms with Gasteiger partial charge in [0, 0.05) is 17.8 Å². The largest absolute Gasteiger partial charge is 0.334 e. The lowest BCUT2D eigenvalue weighted by Gasteiger charge is -2.35. The summed E-state index contributed by atoms with van der Waals surface area (Å²) < 4.78 is 5.67. The Bertz CT molecular complexity index is 1010. The van der Waals surface area contributed by atoms with Gasteiger partial charge in [-0.25, -0.2) is 4.79 Å². The second kappa shape index (κ2) is 8.31. The average molecular weight is 388 g/mol. The number of aromatic nitrogens is 2. The molecule has 0 spiro atoms. The highest BCUT2D eigenvalue weighted by Crippen LogP contribution is 2.37. The number of urea groups is 1. The molecule has 3 aromatic rings. The summed E-state index contributed by atoms with van der Waals surface area (Å²) in [5, 5.41) is 7.30. The van der Waals surface area contributed by atoms with Gasteiger partial charge >= 0.3 is 6.03 Å². The Labute approximate surface area is 170 Å². The van der Waals surface area contributed by atoms with Gasteiger partial charge in [-0.15, -0.1) is 0 Å². The number of carbonyl (C=O) groups excluding carboxylic acids is 1. The van der Waals surface area contributed by atoms with E-state index < -0.39 is 0 Å². The van der Waals surface area contributed by atoms with Crippen LogP contribution in [0.5, 0.6) is 0 Å². The fourth-order valence-electron chi connectivity index (χ4n) is 3.58. The molecule has 1 unspecified atom stereocenters. The SMILES string of the molecule is CCCCN1C(=O)NC(c2ccccc2)C(c2nc(-c3ccccc3)no2)=C1C. The number of hydrogen-bond donors (Lipinski definition) is 1. The molecule has 1 aromatic heterocycles. The zero-order valence-electron chi connectivity index (χ0n) is 16.6. The van der Waals surface area contributed by atoms with E-state index in [2.05, 4.69) is 22.4 Å². The van der Waals surface area contributed by atoms with E-state index in [1.807, 2.05) is 67.6 Å². The number of nitrogens with one attached hydrogen (secondary N) is 1. The van der Waals surface area contributed by atoms with Gasteiger partial charge in [0.2, 0.25) is 5.82 Å². The normalized spacial score (nSPS) is 16.8. The number of rotatable bonds is 6. The molecule has 1 aliphatic rings. The molecule has 0 radical (unpaired) electrons. The van der Waals surface area contributed by atoms with Crippen LogP contribution in [0.15, 0.2) is 70.9 Å². The number of nitrogens with zero attached hydrogens (tertiary/aromatic N) is 3. The van der Waals surface area contributed by atoms with Crippen LogP contribution in [0.4, 0.5) is 4.79 Å². The predicted octanol–water partition coefficient (Wildman–Crippen LogP) is 5.03. The lowest BCUT2D eigenvalue weighted by Crippen LogP contribution is -2.46. The predicted molar refractivity (Wildman–Crippen MR) is 112 cm³/mol. The molecule has 0 fully saturated rings. The van der Waals surface area contributed by atoms with Gasteiger partial charge in [0.25, 0.3) is 5.89 Å². The highest BCUT2D eigenvalue weighted by molar-refractivity contribution is 5.86. The monoisotopic (exact) mass is 388 g/mol. The first kappa shape index (κ1) is 18.9. The minimum absolute atomic E-state index is 0.101. The summed E-state index contributed by atoms with van der Waals surface area (Å²) >= 11 is 0. The van der Waals surface area contributed by atoms with E-state index in [1.165, 1.54) is 0 Å². The third-order valence-corrected chi connectivity index (χ3v) is 5.15. The van der Waals surface area contributed by atoms with E-state index in [4.69, 9.17) is 4.52 Å². The van der Waals surface area contributed by atoms with Gasteiger partial charge in [-0.05, 0) is 18.9 Å². The smallest absolute Gasteiger partial charge is 0.322 e. The highest BCUT2D eigenvalue weighted by atomic mass is 16.5. The fourth-order valence-corrected chi connectivity index (χ4v) is 3.58. The van der Waals surface area contributed by atoms with E-state index >= 15 is 0 Å². The number of allylic oxidation sites excluding steroid dienone is 1. The van der Waals surface area contributed by atoms with Crippen LogP contribution in [0.2, 0.25) is 0 Å². The van der Waals surface area contributed by atoms with Crippen LogP contribution in [0.3, 0.4) is 0 Å². The zero-order chi connectivity index (χ0) is 20.2. The number of benzene rings is 2. The summed E-state index contributed by atoms with van der Waals surface area (Å²) in [6.45, 7) is 4.71. The molecule has 148 valence electrons. The first-order chi connectivity index (χ1) is 14.2. The maximum atomic E-state index is 12.8. The number of unbranched alkanes of at least 4 members (excludes halogenated alkanes) is 1. The number of amides is 2. The van der Waals surface area contributed by atoms with Crippen molar-refractivity contribution < 1.29 is 9.32 Å². The van der Waals surface area contributed by atoms with Gasteiger partial charge < -0.3 is 9.84 Å². The maximum Gasteiger partial charge on any atom is 0.322 e. The van der Waals surface area contributed by atoms with E-state index in [-0.39, 0.29) is 12.1 Å². The summed E-state index contributed by atoms with van der Waals surface area (Å²) in [5.74, 6) is 0.960. The molecule has 4 rings (SSSR count). The minimum atomic E-state index is -0.342. The molecule has 1 aliphatic heterocycles. The topological polar surface area (TPSA) is 71.3 Å². The van der Waals surface area contributed by atoms with Crippen molar-refractivity contribution in [2.24, 2.45) is 0 Å². The van der Waals surface area contributed by atoms with Crippen molar-refractivity contribution in [2.45, 2.75) is 32.7 Å². The molecular weight excluding hydrogens is 364 g/mol. The lowest BCUT2D eigenvalue weighted by molar-refractivity contribution is 0.204. The van der Waals surface area contributed by atoms with E-state index in [9.17, 15) is 4.79 Å². The van der Waals surface area contributed by atoms with Crippen molar-refractivity contribution in [1.29, 1.82) is 0 Å². The second-order valence-corrected chi connectivity index (χ2v) is 7.09. The molecule has 1 N–H and O–H groups in total. The van der Waals surface area contributed by atoms with Crippen LogP contribution in [0, 0.1) is 0 Å². The van der Waals surface area contributed by atoms with Gasteiger partial charge in [0.15, 0.2) is 0 Å². The summed E-state index contributed by atoms with van der Waals surface area (Å²) in [4.78, 5) is 19.2. The Hall–Kier alpha value is -3.41. The number of hydrogen-bond acceptors (Lipinski definition) is 4. The van der Waals surface area contributed by atoms with Crippen LogP contribution >= 0.6 is 0 Å². The quantitative estimate of drug-likeness (QED) is 0.643. The number of carbonyl (C=O) groups is 1. The molecule has 0 bridgehead atoms. The first-order valence-electron chi connectivity index (χ1n) is 9.92. The Kier molecular flexibility index (Phi) is 5.42. The second-order valence-electron chi connectivity index (χ2n) is 7.09. The van der Waals surface area contributed by atoms with Crippen LogP contribution in [-0.4, -0.2) is 27.6 Å². The van der Waals surface area contributed by atoms with Crippen LogP contribution in [0.25, 0.3) is 17.0 Å². The van der Waals surface area contributed by atoms with Crippen LogP contribution in [0.1, 0.15) is 44.2 Å². The van der Waals surface area contributed by atoms with Crippen molar-refractivity contribution >= 4 is 11.6 Å². The summed E-state index contributed by atoms with van der Waals surface area (Å²) in [7, 11) is 0. The van der Waals surface area contributed by atoms with Gasteiger partial charge in [-0.1, -0.05) is 79.2 Å². The summed E-state index contributed by atoms with van der Waals surface area (Å²) in [6, 6.07) is 19.1. The van der Waals surface area contributed by atoms with Crippen molar-refractivity contribution in [3.8, 4) is 11.4 Å². The standard InChI is InChI=1S/C23H24N4O2/c1-3-4-15-27-16(2)19(20(24-23(27)28)17-11-7-5-8-12-17)22-25-21(26-29-22)18-13-9-6-10-14-18/h5-14,20H,3-4,15H2,1-2H3,(H,24,28). The van der Waals surface area contributed by atoms with Gasteiger partial charge in [0.1, 0.15) is 0 Å². The molecule has 2 heterocycles. The molecule has 0 saturated heterocycles. The molecule has 6 nitrogen and oxygen atoms in total. The minimum Gasteiger partial charge on any atom is -0.334 e. The van der Waals surface area contributed by atoms with Crippen LogP contribution < -0.4 is 5.32 Å². The third kappa shape index (κ3) is 3.78. The van der Waals surface area contributed by atoms with Gasteiger partial charge in [-0.3, -0.25) is 4.90 Å². The van der Waals surface area contributed by atoms with Crippen molar-refractivity contribution in [1.82, 2.24) is 20.4 Å². The molecule has 6 heteroatoms. The average Bonchev–Trinajstić information content (AvgIpc) is 3.24. The molecule has 2 aromatic carbocycles. The maximum absolute atomic E-state index is 12.8. The van der Waals surface area contributed by atoms with E-state index in [0.29, 0.717) is 18.3 Å². The Morgan fingerprint density at radius 3 is 2.45 bits per heavy atom. The Morgan fingerprint density at radius 2 is 1.76 bits per heavy atom. The molecule has 2 amide bonds. The van der Waals surface area contributed by atoms with Gasteiger partial charge in [0.05, 0.1) is 11.6 Å². The van der Waals surface area contributed by atoms with E-state index in [0.717, 1.165) is 35.2 Å². The lowest BCUT2D eigenvalue weighted by atomic mass is 9.94. The molecule has 0 aliphatic carbocycles. The third-order valence-electron chi connectivity index (χ3n) is 5.15. The summed E-state index contributed by atoms with van der Waals surface area (Å²) in [6.07, 6.45) is 1.93. The fraction of sp³-hybridized carbons (Fsp3) is 0.261. The zero-order valence-corrected chi connectivity index (χ0v) is 16.6. The van der Waals surface area contributed by atoms with E-state index in [1.54, 1.807) is 4.90 Å². The molecular formula is C23H24N4O2. The molecule has 0 saturated carbocycles. The molecule has 29 heavy (non-hydrogen) atoms. The van der Waals surface area contributed by atoms with Crippen LogP contribution in [-0.2, 0) is 0 Å². The Morgan fingerprint density at radius 1 is 1.07 bits per heavy atom. The first-order valence-corrected chi connectivity index (χ1v) is 9.92. The summed E-state index contributed by atoms with van der Waals surface area (Å²) in [5.41, 5.74) is 3.55. The van der Waals surface area contributed by atoms with Gasteiger partial charge in [-0.2, -0.15) is 4.98 Å². The Balaban J connectivity index is 1.79.